The molecule has 0 bridgehead atoms. The van der Waals surface area contributed by atoms with Gasteiger partial charge in [0.1, 0.15) is 5.69 Å². The minimum absolute atomic E-state index is 0.0733. The molecule has 1 N–H and O–H groups in total. The Morgan fingerprint density at radius 1 is 1.20 bits per heavy atom. The van der Waals surface area contributed by atoms with Gasteiger partial charge >= 0.3 is 0 Å². The molecule has 104 valence electrons. The number of hydrogen-bond donors (Lipinski definition) is 1. The Hall–Kier alpha value is -1.88. The predicted octanol–water partition coefficient (Wildman–Crippen LogP) is 4.59. The summed E-state index contributed by atoms with van der Waals surface area (Å²) in [7, 11) is 0. The van der Waals surface area contributed by atoms with Crippen molar-refractivity contribution >= 4 is 27.3 Å². The Balaban J connectivity index is 2.20. The molecule has 0 atom stereocenters. The zero-order valence-corrected chi connectivity index (χ0v) is 12.9. The van der Waals surface area contributed by atoms with Crippen LogP contribution in [0.2, 0.25) is 0 Å². The molecule has 0 aliphatic heterocycles. The van der Waals surface area contributed by atoms with Gasteiger partial charge in [0.05, 0.1) is 4.92 Å². The Kier molecular flexibility index (Phi) is 4.39. The van der Waals surface area contributed by atoms with Crippen molar-refractivity contribution in [1.82, 2.24) is 0 Å². The normalized spacial score (nSPS) is 10.3. The lowest BCUT2D eigenvalue weighted by Crippen LogP contribution is -2.04. The molecule has 0 unspecified atom stereocenters. The summed E-state index contributed by atoms with van der Waals surface area (Å²) in [6.45, 7) is 4.65. The highest BCUT2D eigenvalue weighted by molar-refractivity contribution is 9.10. The van der Waals surface area contributed by atoms with Gasteiger partial charge in [0, 0.05) is 17.1 Å². The van der Waals surface area contributed by atoms with Crippen molar-refractivity contribution in [3.8, 4) is 0 Å². The third kappa shape index (κ3) is 3.36. The summed E-state index contributed by atoms with van der Waals surface area (Å²) in [5.74, 6) is 0. The number of nitrogens with one attached hydrogen (secondary N) is 1. The van der Waals surface area contributed by atoms with Gasteiger partial charge in [-0.1, -0.05) is 39.7 Å². The standard InChI is InChI=1S/C15H15BrN2O2/c1-10-3-4-12(11(2)7-10)9-17-14-6-5-13(16)8-15(14)18(19)20/h3-8,17H,9H2,1-2H3. The first-order valence-corrected chi connectivity index (χ1v) is 7.00. The molecule has 0 heterocycles. The van der Waals surface area contributed by atoms with Crippen molar-refractivity contribution in [2.75, 3.05) is 5.32 Å². The lowest BCUT2D eigenvalue weighted by molar-refractivity contribution is -0.384. The van der Waals surface area contributed by atoms with E-state index in [2.05, 4.69) is 27.3 Å². The topological polar surface area (TPSA) is 55.2 Å². The molecule has 5 heteroatoms. The van der Waals surface area contributed by atoms with Crippen LogP contribution in [0.4, 0.5) is 11.4 Å². The summed E-state index contributed by atoms with van der Waals surface area (Å²) < 4.78 is 0.696. The zero-order valence-electron chi connectivity index (χ0n) is 11.3. The second-order valence-electron chi connectivity index (χ2n) is 4.70. The number of hydrogen-bond acceptors (Lipinski definition) is 3. The lowest BCUT2D eigenvalue weighted by Gasteiger charge is -2.10. The highest BCUT2D eigenvalue weighted by Gasteiger charge is 2.13. The van der Waals surface area contributed by atoms with Crippen molar-refractivity contribution < 1.29 is 4.92 Å². The molecule has 0 aliphatic carbocycles. The molecular weight excluding hydrogens is 320 g/mol. The van der Waals surface area contributed by atoms with E-state index in [4.69, 9.17) is 0 Å². The summed E-state index contributed by atoms with van der Waals surface area (Å²) in [5, 5.41) is 14.2. The van der Waals surface area contributed by atoms with Gasteiger partial charge in [-0.05, 0) is 37.1 Å². The van der Waals surface area contributed by atoms with Crippen LogP contribution in [-0.4, -0.2) is 4.92 Å². The fourth-order valence-corrected chi connectivity index (χ4v) is 2.39. The van der Waals surface area contributed by atoms with Crippen molar-refractivity contribution in [3.05, 3.63) is 67.7 Å². The van der Waals surface area contributed by atoms with Crippen LogP contribution < -0.4 is 5.32 Å². The number of nitro benzene ring substituents is 1. The second-order valence-corrected chi connectivity index (χ2v) is 5.62. The lowest BCUT2D eigenvalue weighted by atomic mass is 10.1. The third-order valence-corrected chi connectivity index (χ3v) is 3.62. The van der Waals surface area contributed by atoms with Crippen molar-refractivity contribution in [3.63, 3.8) is 0 Å². The number of nitrogens with zero attached hydrogens (tertiary/aromatic N) is 1. The molecule has 2 aromatic carbocycles. The molecule has 0 fully saturated rings. The van der Waals surface area contributed by atoms with E-state index in [9.17, 15) is 10.1 Å². The van der Waals surface area contributed by atoms with Gasteiger partial charge in [-0.2, -0.15) is 0 Å². The van der Waals surface area contributed by atoms with E-state index in [1.54, 1.807) is 12.1 Å². The van der Waals surface area contributed by atoms with Gasteiger partial charge in [0.2, 0.25) is 0 Å². The first-order valence-electron chi connectivity index (χ1n) is 6.21. The molecule has 0 saturated heterocycles. The van der Waals surface area contributed by atoms with Crippen LogP contribution in [0.15, 0.2) is 40.9 Å². The van der Waals surface area contributed by atoms with Crippen molar-refractivity contribution in [2.24, 2.45) is 0 Å². The maximum Gasteiger partial charge on any atom is 0.293 e. The Morgan fingerprint density at radius 2 is 1.95 bits per heavy atom. The molecule has 0 saturated carbocycles. The summed E-state index contributed by atoms with van der Waals surface area (Å²) in [5.41, 5.74) is 4.12. The minimum Gasteiger partial charge on any atom is -0.375 e. The van der Waals surface area contributed by atoms with E-state index in [1.807, 2.05) is 26.0 Å². The number of rotatable bonds is 4. The van der Waals surface area contributed by atoms with Crippen molar-refractivity contribution in [2.45, 2.75) is 20.4 Å². The zero-order chi connectivity index (χ0) is 14.7. The number of aryl methyl sites for hydroxylation is 2. The molecule has 0 aromatic heterocycles. The number of halogens is 1. The van der Waals surface area contributed by atoms with Crippen LogP contribution in [0.25, 0.3) is 0 Å². The third-order valence-electron chi connectivity index (χ3n) is 3.12. The first kappa shape index (κ1) is 14.5. The van der Waals surface area contributed by atoms with Crippen molar-refractivity contribution in [1.29, 1.82) is 0 Å². The molecule has 2 aromatic rings. The monoisotopic (exact) mass is 334 g/mol. The summed E-state index contributed by atoms with van der Waals surface area (Å²) >= 11 is 3.25. The van der Waals surface area contributed by atoms with E-state index in [0.717, 1.165) is 5.56 Å². The molecule has 0 amide bonds. The van der Waals surface area contributed by atoms with Crippen LogP contribution in [0.3, 0.4) is 0 Å². The molecule has 0 radical (unpaired) electrons. The summed E-state index contributed by atoms with van der Waals surface area (Å²) in [6.07, 6.45) is 0. The Labute approximate surface area is 126 Å². The largest absolute Gasteiger partial charge is 0.375 e. The van der Waals surface area contributed by atoms with E-state index in [1.165, 1.54) is 17.2 Å². The maximum atomic E-state index is 11.0. The minimum atomic E-state index is -0.380. The van der Waals surface area contributed by atoms with E-state index in [-0.39, 0.29) is 10.6 Å². The second kappa shape index (κ2) is 6.05. The first-order chi connectivity index (χ1) is 9.47. The van der Waals surface area contributed by atoms with Crippen LogP contribution >= 0.6 is 15.9 Å². The number of anilines is 1. The average molecular weight is 335 g/mol. The van der Waals surface area contributed by atoms with Crippen LogP contribution in [0, 0.1) is 24.0 Å². The van der Waals surface area contributed by atoms with Crippen LogP contribution in [0.5, 0.6) is 0 Å². The fraction of sp³-hybridized carbons (Fsp3) is 0.200. The highest BCUT2D eigenvalue weighted by atomic mass is 79.9. The van der Waals surface area contributed by atoms with Gasteiger partial charge in [-0.25, -0.2) is 0 Å². The van der Waals surface area contributed by atoms with Crippen LogP contribution in [-0.2, 0) is 6.54 Å². The van der Waals surface area contributed by atoms with Gasteiger partial charge < -0.3 is 5.32 Å². The number of nitro groups is 1. The Bertz CT molecular complexity index is 656. The van der Waals surface area contributed by atoms with E-state index < -0.39 is 0 Å². The van der Waals surface area contributed by atoms with E-state index >= 15 is 0 Å². The molecule has 20 heavy (non-hydrogen) atoms. The highest BCUT2D eigenvalue weighted by Crippen LogP contribution is 2.28. The fourth-order valence-electron chi connectivity index (χ4n) is 2.04. The van der Waals surface area contributed by atoms with Gasteiger partial charge in [0.25, 0.3) is 5.69 Å². The quantitative estimate of drug-likeness (QED) is 0.657. The molecule has 4 nitrogen and oxygen atoms in total. The van der Waals surface area contributed by atoms with Gasteiger partial charge in [-0.3, -0.25) is 10.1 Å². The SMILES string of the molecule is Cc1ccc(CNc2ccc(Br)cc2[N+](=O)[O-])c(C)c1. The van der Waals surface area contributed by atoms with Gasteiger partial charge in [-0.15, -0.1) is 0 Å². The molecule has 2 rings (SSSR count). The van der Waals surface area contributed by atoms with Gasteiger partial charge in [0.15, 0.2) is 0 Å². The molecule has 0 aliphatic rings. The average Bonchev–Trinajstić information content (AvgIpc) is 2.38. The Morgan fingerprint density at radius 3 is 2.60 bits per heavy atom. The summed E-state index contributed by atoms with van der Waals surface area (Å²) in [6, 6.07) is 11.2. The predicted molar refractivity (Wildman–Crippen MR) is 84.0 cm³/mol. The van der Waals surface area contributed by atoms with Crippen LogP contribution in [0.1, 0.15) is 16.7 Å². The molecular formula is C15H15BrN2O2. The molecule has 0 spiro atoms. The number of benzene rings is 2. The smallest absolute Gasteiger partial charge is 0.293 e. The summed E-state index contributed by atoms with van der Waals surface area (Å²) in [4.78, 5) is 10.7. The maximum absolute atomic E-state index is 11.0. The van der Waals surface area contributed by atoms with E-state index in [0.29, 0.717) is 16.7 Å².